The van der Waals surface area contributed by atoms with Gasteiger partial charge in [0, 0.05) is 48.3 Å². The van der Waals surface area contributed by atoms with Crippen LogP contribution in [0, 0.1) is 24.0 Å². The van der Waals surface area contributed by atoms with E-state index in [1.807, 2.05) is 45.0 Å². The molecule has 1 unspecified atom stereocenters. The molecule has 0 aliphatic heterocycles. The van der Waals surface area contributed by atoms with E-state index in [0.717, 1.165) is 20.1 Å². The van der Waals surface area contributed by atoms with Crippen LogP contribution in [0.15, 0.2) is 100 Å². The van der Waals surface area contributed by atoms with Gasteiger partial charge in [0.1, 0.15) is 23.8 Å². The zero-order valence-corrected chi connectivity index (χ0v) is 33.7. The van der Waals surface area contributed by atoms with E-state index >= 15 is 8.78 Å². The Bertz CT molecular complexity index is 2580. The summed E-state index contributed by atoms with van der Waals surface area (Å²) >= 11 is 3.57. The van der Waals surface area contributed by atoms with Gasteiger partial charge in [-0.1, -0.05) is 52.2 Å². The third kappa shape index (κ3) is 8.26. The smallest absolute Gasteiger partial charge is 0.302 e. The Morgan fingerprint density at radius 2 is 1.73 bits per heavy atom. The molecule has 2 heterocycles. The van der Waals surface area contributed by atoms with Crippen LogP contribution in [0.1, 0.15) is 57.5 Å². The number of carbonyl (C=O) groups is 1. The average molecular weight is 846 g/mol. The van der Waals surface area contributed by atoms with Gasteiger partial charge >= 0.3 is 5.97 Å². The van der Waals surface area contributed by atoms with E-state index in [1.54, 1.807) is 25.2 Å². The number of rotatable bonds is 14. The normalized spacial score (nSPS) is 13.0. The number of benzene rings is 4. The van der Waals surface area contributed by atoms with E-state index < -0.39 is 45.2 Å². The largest absolute Gasteiger partial charge is 0.461 e. The molecule has 6 rings (SSSR count). The Kier molecular flexibility index (Phi) is 11.5. The lowest BCUT2D eigenvalue weighted by molar-refractivity contribution is -0.142. The minimum absolute atomic E-state index is 0.000572. The second-order valence-corrected chi connectivity index (χ2v) is 16.6. The monoisotopic (exact) mass is 844 g/mol. The molecular formula is C42H39BrF2N4O6S. The van der Waals surface area contributed by atoms with E-state index in [2.05, 4.69) is 21.9 Å². The third-order valence-corrected chi connectivity index (χ3v) is 11.6. The zero-order valence-electron chi connectivity index (χ0n) is 31.3. The molecule has 0 aliphatic carbocycles. The Morgan fingerprint density at radius 3 is 2.43 bits per heavy atom. The summed E-state index contributed by atoms with van der Waals surface area (Å²) in [6, 6.07) is 21.9. The molecule has 0 saturated carbocycles. The molecule has 0 saturated heterocycles. The molecule has 14 heteroatoms. The van der Waals surface area contributed by atoms with Crippen LogP contribution in [-0.4, -0.2) is 45.3 Å². The minimum Gasteiger partial charge on any atom is -0.461 e. The molecule has 4 aromatic carbocycles. The quantitative estimate of drug-likeness (QED) is 0.0607. The first-order valence-corrected chi connectivity index (χ1v) is 19.8. The number of halogens is 3. The molecule has 0 aliphatic rings. The van der Waals surface area contributed by atoms with Gasteiger partial charge in [0.05, 0.1) is 21.4 Å². The van der Waals surface area contributed by atoms with E-state index in [-0.39, 0.29) is 44.2 Å². The van der Waals surface area contributed by atoms with Gasteiger partial charge in [0.2, 0.25) is 0 Å². The molecule has 6 aromatic rings. The molecular weight excluding hydrogens is 806 g/mol. The molecule has 290 valence electrons. The molecule has 56 heavy (non-hydrogen) atoms. The minimum atomic E-state index is -4.12. The predicted octanol–water partition coefficient (Wildman–Crippen LogP) is 9.08. The maximum absolute atomic E-state index is 16.1. The Balaban J connectivity index is 1.38. The maximum atomic E-state index is 16.1. The number of ether oxygens (including phenoxy) is 3. The Hall–Kier alpha value is -5.36. The van der Waals surface area contributed by atoms with E-state index in [1.165, 1.54) is 54.2 Å². The number of nitrogens with zero attached hydrogens (tertiary/aromatic N) is 4. The van der Waals surface area contributed by atoms with E-state index in [9.17, 15) is 13.2 Å². The van der Waals surface area contributed by atoms with Crippen molar-refractivity contribution in [1.29, 1.82) is 0 Å². The molecule has 2 aromatic heterocycles. The number of hydrogen-bond acceptors (Lipinski definition) is 8. The molecule has 1 atom stereocenters. The van der Waals surface area contributed by atoms with Crippen LogP contribution < -0.4 is 4.74 Å². The van der Waals surface area contributed by atoms with Crippen molar-refractivity contribution in [2.45, 2.75) is 63.1 Å². The molecule has 0 spiro atoms. The average Bonchev–Trinajstić information content (AvgIpc) is 3.78. The van der Waals surface area contributed by atoms with Crippen molar-refractivity contribution in [3.63, 3.8) is 0 Å². The number of fused-ring (bicyclic) bond motifs is 1. The summed E-state index contributed by atoms with van der Waals surface area (Å²) in [5.74, 6) is 0.746. The van der Waals surface area contributed by atoms with Crippen LogP contribution in [0.25, 0.3) is 22.3 Å². The fourth-order valence-corrected chi connectivity index (χ4v) is 8.10. The van der Waals surface area contributed by atoms with E-state index in [4.69, 9.17) is 30.7 Å². The van der Waals surface area contributed by atoms with Gasteiger partial charge in [-0.3, -0.25) is 4.79 Å². The number of hydrogen-bond donors (Lipinski definition) is 0. The van der Waals surface area contributed by atoms with Gasteiger partial charge in [-0.05, 0) is 87.7 Å². The molecule has 0 amide bonds. The number of terminal acetylenes is 1. The second-order valence-electron chi connectivity index (χ2n) is 13.9. The van der Waals surface area contributed by atoms with Crippen molar-refractivity contribution in [3.05, 3.63) is 124 Å². The van der Waals surface area contributed by atoms with Gasteiger partial charge < -0.3 is 14.2 Å². The lowest BCUT2D eigenvalue weighted by atomic mass is 9.78. The highest BCUT2D eigenvalue weighted by Gasteiger charge is 2.35. The maximum Gasteiger partial charge on any atom is 0.302 e. The fourth-order valence-electron chi connectivity index (χ4n) is 6.34. The summed E-state index contributed by atoms with van der Waals surface area (Å²) in [7, 11) is -2.47. The van der Waals surface area contributed by atoms with Crippen LogP contribution >= 0.6 is 15.9 Å². The van der Waals surface area contributed by atoms with Crippen molar-refractivity contribution in [3.8, 4) is 35.2 Å². The fraction of sp³-hybridized carbons (Fsp3) is 0.262. The summed E-state index contributed by atoms with van der Waals surface area (Å²) in [6.45, 7) is 6.81. The van der Waals surface area contributed by atoms with E-state index in [0.29, 0.717) is 25.3 Å². The van der Waals surface area contributed by atoms with Crippen LogP contribution in [0.3, 0.4) is 0 Å². The summed E-state index contributed by atoms with van der Waals surface area (Å²) in [4.78, 5) is 16.8. The predicted molar refractivity (Wildman–Crippen MR) is 212 cm³/mol. The van der Waals surface area contributed by atoms with Crippen molar-refractivity contribution in [2.24, 2.45) is 7.05 Å². The topological polar surface area (TPSA) is 115 Å². The standard InChI is InChI=1S/C42H39BrF2N4O6S/c1-7-41(3,4)54-22-12-20-42(5,28-13-11-14-29(43)23-28)40-46-39(48(6)47-40)33-24-30(17-18-35(33)44)55-38-34(26-53-27(2)50)32-19-21-49(37(32)25-36(38)45)56(51,52)31-15-9-8-10-16-31/h1,8-11,13-19,21,23-25H,12,20,22,26H2,2-6H3. The zero-order chi connectivity index (χ0) is 40.4. The van der Waals surface area contributed by atoms with Crippen LogP contribution in [-0.2, 0) is 43.4 Å². The highest BCUT2D eigenvalue weighted by Crippen LogP contribution is 2.40. The van der Waals surface area contributed by atoms with Gasteiger partial charge in [0.15, 0.2) is 23.2 Å². The van der Waals surface area contributed by atoms with Gasteiger partial charge in [-0.2, -0.15) is 5.10 Å². The van der Waals surface area contributed by atoms with Crippen molar-refractivity contribution >= 4 is 42.8 Å². The molecule has 0 N–H and O–H groups in total. The van der Waals surface area contributed by atoms with Gasteiger partial charge in [0.25, 0.3) is 10.0 Å². The van der Waals surface area contributed by atoms with Gasteiger partial charge in [-0.15, -0.1) is 6.42 Å². The molecule has 10 nitrogen and oxygen atoms in total. The number of aryl methyl sites for hydroxylation is 1. The summed E-state index contributed by atoms with van der Waals surface area (Å²) in [6.07, 6.45) is 8.09. The lowest BCUT2D eigenvalue weighted by Gasteiger charge is -2.28. The molecule has 0 radical (unpaired) electrons. The first kappa shape index (κ1) is 40.3. The molecule has 0 bridgehead atoms. The SMILES string of the molecule is C#CC(C)(C)OCCCC(C)(c1cccc(Br)c1)c1nc(-c2cc(Oc3c(F)cc4c(ccn4S(=O)(=O)c4ccccc4)c3COC(C)=O)ccc2F)n(C)n1. The first-order chi connectivity index (χ1) is 26.5. The highest BCUT2D eigenvalue weighted by atomic mass is 79.9. The van der Waals surface area contributed by atoms with Crippen LogP contribution in [0.4, 0.5) is 8.78 Å². The van der Waals surface area contributed by atoms with Crippen LogP contribution in [0.5, 0.6) is 11.5 Å². The van der Waals surface area contributed by atoms with Crippen molar-refractivity contribution in [2.75, 3.05) is 6.61 Å². The lowest BCUT2D eigenvalue weighted by Crippen LogP contribution is -2.28. The summed E-state index contributed by atoms with van der Waals surface area (Å²) in [5, 5.41) is 5.03. The first-order valence-electron chi connectivity index (χ1n) is 17.6. The third-order valence-electron chi connectivity index (χ3n) is 9.44. The summed E-state index contributed by atoms with van der Waals surface area (Å²) < 4.78 is 79.5. The second kappa shape index (κ2) is 16.0. The Labute approximate surface area is 332 Å². The number of aromatic nitrogens is 4. The van der Waals surface area contributed by atoms with Crippen molar-refractivity contribution in [1.82, 2.24) is 18.7 Å². The summed E-state index contributed by atoms with van der Waals surface area (Å²) in [5.41, 5.74) is -0.424. The highest BCUT2D eigenvalue weighted by molar-refractivity contribution is 9.10. The number of esters is 1. The Morgan fingerprint density at radius 1 is 0.982 bits per heavy atom. The van der Waals surface area contributed by atoms with Crippen molar-refractivity contribution < 1.29 is 36.2 Å². The molecule has 0 fully saturated rings. The van der Waals surface area contributed by atoms with Gasteiger partial charge in [-0.25, -0.2) is 30.8 Å². The van der Waals surface area contributed by atoms with Crippen LogP contribution in [0.2, 0.25) is 0 Å². The number of carbonyl (C=O) groups excluding carboxylic acids is 1.